The molecule has 1 N–H and O–H groups in total. The Kier molecular flexibility index (Phi) is 5.34. The number of carbonyl (C=O) groups excluding carboxylic acids is 2. The lowest BCUT2D eigenvalue weighted by atomic mass is 10.2. The summed E-state index contributed by atoms with van der Waals surface area (Å²) in [6.45, 7) is 2.89. The number of nitriles is 1. The SMILES string of the molecule is Cc1sc2ncn(CC(=O)OCC(=O)Nc3sccc3C#N)c(=O)c2c1C. The molecule has 3 rings (SSSR count). The molecule has 138 valence electrons. The summed E-state index contributed by atoms with van der Waals surface area (Å²) in [6, 6.07) is 3.53. The van der Waals surface area contributed by atoms with Gasteiger partial charge in [0.1, 0.15) is 22.4 Å². The average Bonchev–Trinajstić information content (AvgIpc) is 3.20. The van der Waals surface area contributed by atoms with E-state index in [2.05, 4.69) is 10.3 Å². The maximum absolute atomic E-state index is 12.5. The molecule has 27 heavy (non-hydrogen) atoms. The zero-order chi connectivity index (χ0) is 19.6. The number of nitrogens with zero attached hydrogens (tertiary/aromatic N) is 3. The Morgan fingerprint density at radius 3 is 2.93 bits per heavy atom. The lowest BCUT2D eigenvalue weighted by molar-refractivity contribution is -0.147. The molecule has 0 saturated heterocycles. The van der Waals surface area contributed by atoms with Crippen LogP contribution in [0, 0.1) is 25.2 Å². The molecule has 0 radical (unpaired) electrons. The summed E-state index contributed by atoms with van der Waals surface area (Å²) in [7, 11) is 0. The molecule has 8 nitrogen and oxygen atoms in total. The summed E-state index contributed by atoms with van der Waals surface area (Å²) in [5.74, 6) is -1.29. The minimum atomic E-state index is -0.732. The standard InChI is InChI=1S/C17H14N4O4S2/c1-9-10(2)27-16-14(9)17(24)21(8-19-16)6-13(23)25-7-12(22)20-15-11(5-18)3-4-26-15/h3-4,8H,6-7H2,1-2H3,(H,20,22). The molecule has 0 atom stereocenters. The molecule has 3 aromatic heterocycles. The van der Waals surface area contributed by atoms with Crippen molar-refractivity contribution in [3.8, 4) is 6.07 Å². The monoisotopic (exact) mass is 402 g/mol. The highest BCUT2D eigenvalue weighted by molar-refractivity contribution is 7.18. The first-order chi connectivity index (χ1) is 12.9. The fraction of sp³-hybridized carbons (Fsp3) is 0.235. The van der Waals surface area contributed by atoms with Gasteiger partial charge in [-0.15, -0.1) is 22.7 Å². The molecule has 0 saturated carbocycles. The first-order valence-electron chi connectivity index (χ1n) is 7.79. The number of anilines is 1. The number of fused-ring (bicyclic) bond motifs is 1. The Morgan fingerprint density at radius 2 is 2.19 bits per heavy atom. The van der Waals surface area contributed by atoms with Gasteiger partial charge in [-0.25, -0.2) is 4.98 Å². The van der Waals surface area contributed by atoms with E-state index in [-0.39, 0.29) is 12.1 Å². The molecule has 3 aromatic rings. The van der Waals surface area contributed by atoms with Crippen molar-refractivity contribution < 1.29 is 14.3 Å². The number of amides is 1. The van der Waals surface area contributed by atoms with Crippen LogP contribution in [-0.2, 0) is 20.9 Å². The van der Waals surface area contributed by atoms with Crippen LogP contribution >= 0.6 is 22.7 Å². The van der Waals surface area contributed by atoms with Crippen molar-refractivity contribution in [2.75, 3.05) is 11.9 Å². The summed E-state index contributed by atoms with van der Waals surface area (Å²) in [6.07, 6.45) is 1.30. The lowest BCUT2D eigenvalue weighted by Crippen LogP contribution is -2.28. The number of hydrogen-bond acceptors (Lipinski definition) is 8. The molecule has 0 bridgehead atoms. The van der Waals surface area contributed by atoms with Crippen molar-refractivity contribution in [1.82, 2.24) is 9.55 Å². The summed E-state index contributed by atoms with van der Waals surface area (Å²) >= 11 is 2.62. The number of ether oxygens (including phenoxy) is 1. The molecule has 0 aromatic carbocycles. The highest BCUT2D eigenvalue weighted by Crippen LogP contribution is 2.25. The highest BCUT2D eigenvalue weighted by Gasteiger charge is 2.15. The van der Waals surface area contributed by atoms with Crippen molar-refractivity contribution >= 4 is 49.8 Å². The molecule has 10 heteroatoms. The summed E-state index contributed by atoms with van der Waals surface area (Å²) in [5, 5.41) is 14.0. The normalized spacial score (nSPS) is 10.6. The van der Waals surface area contributed by atoms with Crippen molar-refractivity contribution in [1.29, 1.82) is 5.26 Å². The third-order valence-electron chi connectivity index (χ3n) is 3.86. The third-order valence-corrected chi connectivity index (χ3v) is 5.80. The molecule has 0 spiro atoms. The predicted molar refractivity (Wildman–Crippen MR) is 102 cm³/mol. The van der Waals surface area contributed by atoms with Crippen LogP contribution < -0.4 is 10.9 Å². The molecule has 0 aliphatic rings. The van der Waals surface area contributed by atoms with Gasteiger partial charge in [-0.05, 0) is 30.9 Å². The second-order valence-corrected chi connectivity index (χ2v) is 7.74. The van der Waals surface area contributed by atoms with Gasteiger partial charge in [0, 0.05) is 4.88 Å². The Labute approximate surface area is 161 Å². The molecule has 3 heterocycles. The number of aromatic nitrogens is 2. The van der Waals surface area contributed by atoms with Crippen LogP contribution in [0.5, 0.6) is 0 Å². The van der Waals surface area contributed by atoms with E-state index in [1.165, 1.54) is 29.0 Å². The topological polar surface area (TPSA) is 114 Å². The van der Waals surface area contributed by atoms with Gasteiger partial charge in [0.15, 0.2) is 6.61 Å². The number of carbonyl (C=O) groups is 2. The third kappa shape index (κ3) is 3.89. The van der Waals surface area contributed by atoms with E-state index in [9.17, 15) is 14.4 Å². The van der Waals surface area contributed by atoms with Gasteiger partial charge < -0.3 is 10.1 Å². The van der Waals surface area contributed by atoms with Crippen LogP contribution in [0.2, 0.25) is 0 Å². The summed E-state index contributed by atoms with van der Waals surface area (Å²) < 4.78 is 6.08. The largest absolute Gasteiger partial charge is 0.454 e. The first kappa shape index (κ1) is 18.8. The molecule has 0 aliphatic heterocycles. The van der Waals surface area contributed by atoms with Crippen molar-refractivity contribution in [3.05, 3.63) is 44.1 Å². The smallest absolute Gasteiger partial charge is 0.326 e. The van der Waals surface area contributed by atoms with Crippen LogP contribution in [0.3, 0.4) is 0 Å². The fourth-order valence-electron chi connectivity index (χ4n) is 2.37. The van der Waals surface area contributed by atoms with Crippen molar-refractivity contribution in [2.45, 2.75) is 20.4 Å². The first-order valence-corrected chi connectivity index (χ1v) is 9.48. The highest BCUT2D eigenvalue weighted by atomic mass is 32.1. The van der Waals surface area contributed by atoms with E-state index >= 15 is 0 Å². The van der Waals surface area contributed by atoms with E-state index in [1.807, 2.05) is 19.9 Å². The number of aryl methyl sites for hydroxylation is 2. The Balaban J connectivity index is 1.63. The van der Waals surface area contributed by atoms with Gasteiger partial charge >= 0.3 is 5.97 Å². The number of nitrogens with one attached hydrogen (secondary N) is 1. The zero-order valence-electron chi connectivity index (χ0n) is 14.4. The minimum Gasteiger partial charge on any atom is -0.454 e. The van der Waals surface area contributed by atoms with Crippen LogP contribution in [0.15, 0.2) is 22.6 Å². The van der Waals surface area contributed by atoms with Gasteiger partial charge in [-0.3, -0.25) is 19.0 Å². The van der Waals surface area contributed by atoms with E-state index in [4.69, 9.17) is 10.00 Å². The van der Waals surface area contributed by atoms with Gasteiger partial charge in [-0.1, -0.05) is 0 Å². The second-order valence-electron chi connectivity index (χ2n) is 5.63. The van der Waals surface area contributed by atoms with Crippen molar-refractivity contribution in [2.24, 2.45) is 0 Å². The fourth-order valence-corrected chi connectivity index (χ4v) is 4.11. The number of rotatable bonds is 5. The Hall–Kier alpha value is -3.03. The number of esters is 1. The zero-order valence-corrected chi connectivity index (χ0v) is 16.1. The van der Waals surface area contributed by atoms with E-state index in [1.54, 1.807) is 11.4 Å². The molecular formula is C17H14N4O4S2. The van der Waals surface area contributed by atoms with E-state index in [0.29, 0.717) is 20.8 Å². The van der Waals surface area contributed by atoms with Gasteiger partial charge in [0.25, 0.3) is 11.5 Å². The van der Waals surface area contributed by atoms with Crippen LogP contribution in [0.4, 0.5) is 5.00 Å². The van der Waals surface area contributed by atoms with E-state index < -0.39 is 18.5 Å². The summed E-state index contributed by atoms with van der Waals surface area (Å²) in [4.78, 5) is 42.2. The molecular weight excluding hydrogens is 388 g/mol. The predicted octanol–water partition coefficient (Wildman–Crippen LogP) is 2.19. The van der Waals surface area contributed by atoms with Gasteiger partial charge in [0.2, 0.25) is 0 Å². The maximum Gasteiger partial charge on any atom is 0.326 e. The van der Waals surface area contributed by atoms with Crippen LogP contribution in [0.1, 0.15) is 16.0 Å². The molecule has 1 amide bonds. The number of hydrogen-bond donors (Lipinski definition) is 1. The molecule has 0 aliphatic carbocycles. The van der Waals surface area contributed by atoms with Gasteiger partial charge in [0.05, 0.1) is 17.3 Å². The number of thiophene rings is 2. The molecule has 0 fully saturated rings. The Morgan fingerprint density at radius 1 is 1.41 bits per heavy atom. The quantitative estimate of drug-likeness (QED) is 0.654. The van der Waals surface area contributed by atoms with E-state index in [0.717, 1.165) is 15.0 Å². The maximum atomic E-state index is 12.5. The lowest BCUT2D eigenvalue weighted by Gasteiger charge is -2.07. The average molecular weight is 402 g/mol. The Bertz CT molecular complexity index is 1140. The molecule has 0 unspecified atom stereocenters. The van der Waals surface area contributed by atoms with Crippen molar-refractivity contribution in [3.63, 3.8) is 0 Å². The summed E-state index contributed by atoms with van der Waals surface area (Å²) in [5.41, 5.74) is 0.867. The minimum absolute atomic E-state index is 0.319. The second kappa shape index (κ2) is 7.69. The van der Waals surface area contributed by atoms with Crippen LogP contribution in [0.25, 0.3) is 10.2 Å². The van der Waals surface area contributed by atoms with Crippen LogP contribution in [-0.4, -0.2) is 28.0 Å². The van der Waals surface area contributed by atoms with Gasteiger partial charge in [-0.2, -0.15) is 5.26 Å².